The highest BCUT2D eigenvalue weighted by Crippen LogP contribution is 2.50. The second-order valence-electron chi connectivity index (χ2n) is 16.4. The Bertz CT molecular complexity index is 4290. The zero-order chi connectivity index (χ0) is 38.1. The van der Waals surface area contributed by atoms with E-state index in [-0.39, 0.29) is 0 Å². The van der Waals surface area contributed by atoms with Crippen molar-refractivity contribution in [3.63, 3.8) is 0 Å². The van der Waals surface area contributed by atoms with Crippen LogP contribution in [0.2, 0.25) is 0 Å². The van der Waals surface area contributed by atoms with Crippen molar-refractivity contribution in [3.05, 3.63) is 188 Å². The van der Waals surface area contributed by atoms with Crippen molar-refractivity contribution in [2.24, 2.45) is 0 Å². The fraction of sp³-hybridized carbons (Fsp3) is 0. The van der Waals surface area contributed by atoms with Gasteiger partial charge in [-0.25, -0.2) is 0 Å². The molecule has 0 aliphatic carbocycles. The maximum absolute atomic E-state index is 2.59. The lowest BCUT2D eigenvalue weighted by Gasteiger charge is -2.09. The first-order valence-electron chi connectivity index (χ1n) is 20.5. The molecule has 0 N–H and O–H groups in total. The van der Waals surface area contributed by atoms with Gasteiger partial charge in [-0.15, -0.1) is 0 Å². The lowest BCUT2D eigenvalue weighted by molar-refractivity contribution is 1.18. The lowest BCUT2D eigenvalue weighted by atomic mass is 9.97. The molecule has 59 heavy (non-hydrogen) atoms. The highest BCUT2D eigenvalue weighted by Gasteiger charge is 2.27. The SMILES string of the molecule is c1ccc(-n2c3ccccc3c3cc(-c4cccc5c6cccc7c8c9c%10cc%11ccccc%11c%11c%12ccc%13ccccc%13c%12n(c9ccc8n(c45)c67)c%10%11)ccc32)cc1. The van der Waals surface area contributed by atoms with E-state index in [9.17, 15) is 0 Å². The van der Waals surface area contributed by atoms with Crippen molar-refractivity contribution in [1.29, 1.82) is 0 Å². The summed E-state index contributed by atoms with van der Waals surface area (Å²) in [5.74, 6) is 0. The van der Waals surface area contributed by atoms with Gasteiger partial charge in [0.15, 0.2) is 0 Å². The van der Waals surface area contributed by atoms with Crippen LogP contribution in [0.1, 0.15) is 0 Å². The van der Waals surface area contributed by atoms with E-state index >= 15 is 0 Å². The van der Waals surface area contributed by atoms with Gasteiger partial charge < -0.3 is 13.4 Å². The van der Waals surface area contributed by atoms with Gasteiger partial charge in [-0.2, -0.15) is 0 Å². The van der Waals surface area contributed by atoms with Crippen LogP contribution in [-0.2, 0) is 0 Å². The van der Waals surface area contributed by atoms with Crippen molar-refractivity contribution >= 4 is 120 Å². The lowest BCUT2D eigenvalue weighted by Crippen LogP contribution is -1.93. The van der Waals surface area contributed by atoms with Gasteiger partial charge in [0, 0.05) is 70.5 Å². The molecule has 0 spiro atoms. The molecule has 0 aliphatic rings. The Morgan fingerprint density at radius 3 is 1.73 bits per heavy atom. The Labute approximate surface area is 336 Å². The highest BCUT2D eigenvalue weighted by atomic mass is 15.0. The van der Waals surface area contributed by atoms with E-state index in [0.717, 1.165) is 0 Å². The monoisotopic (exact) mass is 745 g/mol. The van der Waals surface area contributed by atoms with E-state index in [2.05, 4.69) is 201 Å². The van der Waals surface area contributed by atoms with Gasteiger partial charge in [0.1, 0.15) is 0 Å². The van der Waals surface area contributed by atoms with E-state index in [1.165, 1.54) is 136 Å². The van der Waals surface area contributed by atoms with E-state index in [4.69, 9.17) is 0 Å². The zero-order valence-electron chi connectivity index (χ0n) is 31.7. The second-order valence-corrected chi connectivity index (χ2v) is 16.4. The molecule has 15 rings (SSSR count). The molecule has 0 radical (unpaired) electrons. The van der Waals surface area contributed by atoms with E-state index in [0.29, 0.717) is 0 Å². The van der Waals surface area contributed by atoms with Crippen LogP contribution < -0.4 is 0 Å². The summed E-state index contributed by atoms with van der Waals surface area (Å²) in [6.07, 6.45) is 0. The fourth-order valence-electron chi connectivity index (χ4n) is 11.4. The van der Waals surface area contributed by atoms with Gasteiger partial charge >= 0.3 is 0 Å². The van der Waals surface area contributed by atoms with Gasteiger partial charge in [-0.3, -0.25) is 0 Å². The molecule has 0 unspecified atom stereocenters. The minimum Gasteiger partial charge on any atom is -0.309 e. The molecular weight excluding hydrogens is 715 g/mol. The van der Waals surface area contributed by atoms with Crippen molar-refractivity contribution in [3.8, 4) is 16.8 Å². The van der Waals surface area contributed by atoms with Crippen LogP contribution in [0, 0.1) is 0 Å². The quantitative estimate of drug-likeness (QED) is 0.167. The van der Waals surface area contributed by atoms with E-state index in [1.54, 1.807) is 0 Å². The third-order valence-corrected chi connectivity index (χ3v) is 13.6. The van der Waals surface area contributed by atoms with Crippen molar-refractivity contribution in [2.45, 2.75) is 0 Å². The molecule has 0 saturated carbocycles. The van der Waals surface area contributed by atoms with Crippen LogP contribution in [0.5, 0.6) is 0 Å². The molecular formula is C56H31N3. The molecule has 0 fully saturated rings. The second kappa shape index (κ2) is 10.5. The largest absolute Gasteiger partial charge is 0.309 e. The van der Waals surface area contributed by atoms with Crippen LogP contribution in [0.15, 0.2) is 188 Å². The fourth-order valence-corrected chi connectivity index (χ4v) is 11.4. The number of fused-ring (bicyclic) bond motifs is 20. The highest BCUT2D eigenvalue weighted by molar-refractivity contribution is 6.39. The predicted molar refractivity (Wildman–Crippen MR) is 251 cm³/mol. The molecule has 0 bridgehead atoms. The molecule has 270 valence electrons. The molecule has 15 aromatic rings. The standard InChI is InChI=1S/C56H31N3/c1-2-14-35(15-3-1)57-46-23-9-8-18-39(46)44-30-34(25-27-47(44)57)38-19-10-20-40-41-21-11-22-42-51-48(58(53(38)40)55(41)42)28-29-49-52(51)45-31-33-13-5-6-16-36(33)50-43-26-24-32-12-4-7-17-37(32)54(43)59(49)56(45)50/h1-31H. The normalized spacial score (nSPS) is 12.7. The number of para-hydroxylation sites is 4. The molecule has 5 heterocycles. The first kappa shape index (κ1) is 30.3. The van der Waals surface area contributed by atoms with Gasteiger partial charge in [-0.1, -0.05) is 140 Å². The van der Waals surface area contributed by atoms with Crippen molar-refractivity contribution < 1.29 is 0 Å². The van der Waals surface area contributed by atoms with Crippen LogP contribution in [0.25, 0.3) is 136 Å². The molecule has 0 aliphatic heterocycles. The van der Waals surface area contributed by atoms with Crippen LogP contribution in [0.3, 0.4) is 0 Å². The molecule has 0 atom stereocenters. The Morgan fingerprint density at radius 2 is 0.864 bits per heavy atom. The minimum absolute atomic E-state index is 1.17. The maximum Gasteiger partial charge on any atom is 0.0627 e. The van der Waals surface area contributed by atoms with Crippen LogP contribution in [0.4, 0.5) is 0 Å². The number of aromatic nitrogens is 3. The summed E-state index contributed by atoms with van der Waals surface area (Å²) in [7, 11) is 0. The third-order valence-electron chi connectivity index (χ3n) is 13.6. The Kier molecular flexibility index (Phi) is 5.41. The number of hydrogen-bond donors (Lipinski definition) is 0. The molecule has 5 aromatic heterocycles. The molecule has 3 heteroatoms. The third kappa shape index (κ3) is 3.58. The van der Waals surface area contributed by atoms with Crippen molar-refractivity contribution in [1.82, 2.24) is 13.4 Å². The maximum atomic E-state index is 2.59. The van der Waals surface area contributed by atoms with Gasteiger partial charge in [0.05, 0.1) is 44.1 Å². The van der Waals surface area contributed by atoms with Crippen LogP contribution in [-0.4, -0.2) is 13.4 Å². The van der Waals surface area contributed by atoms with E-state index in [1.807, 2.05) is 0 Å². The average Bonchev–Trinajstić information content (AvgIpc) is 4.09. The average molecular weight is 746 g/mol. The molecule has 0 amide bonds. The zero-order valence-corrected chi connectivity index (χ0v) is 31.7. The van der Waals surface area contributed by atoms with Gasteiger partial charge in [0.25, 0.3) is 0 Å². The Hall–Kier alpha value is -7.88. The summed E-state index contributed by atoms with van der Waals surface area (Å²) in [6, 6.07) is 70.2. The summed E-state index contributed by atoms with van der Waals surface area (Å²) in [4.78, 5) is 0. The van der Waals surface area contributed by atoms with Gasteiger partial charge in [0.2, 0.25) is 0 Å². The summed E-state index contributed by atoms with van der Waals surface area (Å²) in [6.45, 7) is 0. The number of nitrogens with zero attached hydrogens (tertiary/aromatic N) is 3. The van der Waals surface area contributed by atoms with Crippen LogP contribution >= 0.6 is 0 Å². The first-order chi connectivity index (χ1) is 29.3. The molecule has 3 nitrogen and oxygen atoms in total. The first-order valence-corrected chi connectivity index (χ1v) is 20.5. The number of hydrogen-bond acceptors (Lipinski definition) is 0. The van der Waals surface area contributed by atoms with E-state index < -0.39 is 0 Å². The number of rotatable bonds is 2. The molecule has 0 saturated heterocycles. The summed E-state index contributed by atoms with van der Waals surface area (Å²) >= 11 is 0. The Balaban J connectivity index is 1.10. The minimum atomic E-state index is 1.17. The summed E-state index contributed by atoms with van der Waals surface area (Å²) in [5, 5.41) is 18.2. The topological polar surface area (TPSA) is 13.8 Å². The smallest absolute Gasteiger partial charge is 0.0627 e. The predicted octanol–water partition coefficient (Wildman–Crippen LogP) is 15.1. The number of benzene rings is 10. The Morgan fingerprint density at radius 1 is 0.271 bits per heavy atom. The summed E-state index contributed by atoms with van der Waals surface area (Å²) in [5.41, 5.74) is 13.8. The van der Waals surface area contributed by atoms with Gasteiger partial charge in [-0.05, 0) is 70.3 Å². The molecule has 10 aromatic carbocycles. The van der Waals surface area contributed by atoms with Crippen molar-refractivity contribution in [2.75, 3.05) is 0 Å². The summed E-state index contributed by atoms with van der Waals surface area (Å²) < 4.78 is 7.57.